The molecule has 0 saturated carbocycles. The van der Waals surface area contributed by atoms with E-state index in [-0.39, 0.29) is 12.6 Å². The second kappa shape index (κ2) is 6.73. The molecule has 1 atom stereocenters. The first-order valence-corrected chi connectivity index (χ1v) is 7.56. The molecule has 114 valence electrons. The Bertz CT molecular complexity index is 690. The number of fused-ring (bicyclic) bond motifs is 1. The normalized spacial score (nSPS) is 12.9. The summed E-state index contributed by atoms with van der Waals surface area (Å²) < 4.78 is 2.03. The van der Waals surface area contributed by atoms with Crippen LogP contribution < -0.4 is 0 Å². The number of aromatic nitrogens is 2. The third kappa shape index (κ3) is 3.18. The lowest BCUT2D eigenvalue weighted by atomic mass is 10.0. The molecule has 0 unspecified atom stereocenters. The van der Waals surface area contributed by atoms with Crippen molar-refractivity contribution >= 4 is 5.65 Å². The lowest BCUT2D eigenvalue weighted by molar-refractivity contribution is 0.179. The van der Waals surface area contributed by atoms with Crippen molar-refractivity contribution in [2.75, 3.05) is 13.7 Å². The number of nitrogens with zero attached hydrogens (tertiary/aromatic N) is 3. The van der Waals surface area contributed by atoms with Crippen molar-refractivity contribution in [3.8, 4) is 0 Å². The van der Waals surface area contributed by atoms with Crippen molar-refractivity contribution in [2.45, 2.75) is 19.0 Å². The molecule has 3 aromatic rings. The van der Waals surface area contributed by atoms with Gasteiger partial charge in [0.05, 0.1) is 5.69 Å². The smallest absolute Gasteiger partial charge is 0.137 e. The molecule has 1 N–H and O–H groups in total. The van der Waals surface area contributed by atoms with Crippen molar-refractivity contribution in [3.63, 3.8) is 0 Å². The summed E-state index contributed by atoms with van der Waals surface area (Å²) in [6.07, 6.45) is 4.79. The third-order valence-electron chi connectivity index (χ3n) is 3.94. The van der Waals surface area contributed by atoms with Gasteiger partial charge in [-0.2, -0.15) is 0 Å². The van der Waals surface area contributed by atoms with E-state index in [2.05, 4.69) is 35.3 Å². The van der Waals surface area contributed by atoms with Crippen LogP contribution >= 0.6 is 0 Å². The summed E-state index contributed by atoms with van der Waals surface area (Å²) in [7, 11) is 2.08. The van der Waals surface area contributed by atoms with Crippen LogP contribution in [0.15, 0.2) is 60.9 Å². The fourth-order valence-corrected chi connectivity index (χ4v) is 2.87. The molecule has 3 rings (SSSR count). The molecule has 0 aliphatic carbocycles. The fraction of sp³-hybridized carbons (Fsp3) is 0.278. The van der Waals surface area contributed by atoms with E-state index in [1.165, 1.54) is 5.56 Å². The maximum absolute atomic E-state index is 9.38. The monoisotopic (exact) mass is 295 g/mol. The van der Waals surface area contributed by atoms with E-state index < -0.39 is 0 Å². The Hall–Kier alpha value is -2.17. The van der Waals surface area contributed by atoms with Crippen LogP contribution in [0.25, 0.3) is 5.65 Å². The van der Waals surface area contributed by atoms with Gasteiger partial charge in [0, 0.05) is 31.6 Å². The van der Waals surface area contributed by atoms with Gasteiger partial charge in [-0.1, -0.05) is 36.4 Å². The molecule has 1 aromatic carbocycles. The van der Waals surface area contributed by atoms with Gasteiger partial charge in [-0.25, -0.2) is 4.98 Å². The molecular formula is C18H21N3O. The van der Waals surface area contributed by atoms with Gasteiger partial charge in [-0.3, -0.25) is 4.90 Å². The maximum atomic E-state index is 9.38. The summed E-state index contributed by atoms with van der Waals surface area (Å²) in [6.45, 7) is 0.927. The van der Waals surface area contributed by atoms with Crippen LogP contribution in [-0.4, -0.2) is 33.0 Å². The van der Waals surface area contributed by atoms with Crippen molar-refractivity contribution < 1.29 is 5.11 Å². The van der Waals surface area contributed by atoms with Gasteiger partial charge in [0.2, 0.25) is 0 Å². The second-order valence-corrected chi connectivity index (χ2v) is 5.55. The van der Waals surface area contributed by atoms with Crippen LogP contribution in [0.4, 0.5) is 0 Å². The topological polar surface area (TPSA) is 40.8 Å². The largest absolute Gasteiger partial charge is 0.396 e. The van der Waals surface area contributed by atoms with E-state index in [0.717, 1.165) is 17.9 Å². The van der Waals surface area contributed by atoms with E-state index in [4.69, 9.17) is 0 Å². The van der Waals surface area contributed by atoms with E-state index in [1.807, 2.05) is 47.0 Å². The summed E-state index contributed by atoms with van der Waals surface area (Å²) in [4.78, 5) is 6.89. The van der Waals surface area contributed by atoms with Gasteiger partial charge in [0.25, 0.3) is 0 Å². The number of aliphatic hydroxyl groups excluding tert-OH is 1. The standard InChI is InChI=1S/C18H21N3O/c1-20(17(10-12-22)15-7-3-2-4-8-15)13-16-14-21-11-6-5-9-18(21)19-16/h2-9,11,14,17,22H,10,12-13H2,1H3/t17-/m1/s1. The van der Waals surface area contributed by atoms with Gasteiger partial charge < -0.3 is 9.51 Å². The molecule has 0 spiro atoms. The number of pyridine rings is 1. The van der Waals surface area contributed by atoms with Crippen LogP contribution in [0.1, 0.15) is 23.7 Å². The first-order valence-electron chi connectivity index (χ1n) is 7.56. The second-order valence-electron chi connectivity index (χ2n) is 5.55. The molecule has 0 radical (unpaired) electrons. The number of benzene rings is 1. The van der Waals surface area contributed by atoms with Crippen LogP contribution in [0.3, 0.4) is 0 Å². The average molecular weight is 295 g/mol. The molecule has 0 aliphatic rings. The number of hydrogen-bond acceptors (Lipinski definition) is 3. The van der Waals surface area contributed by atoms with Crippen LogP contribution in [-0.2, 0) is 6.54 Å². The number of rotatable bonds is 6. The van der Waals surface area contributed by atoms with Gasteiger partial charge in [-0.05, 0) is 31.2 Å². The molecule has 4 heteroatoms. The van der Waals surface area contributed by atoms with E-state index >= 15 is 0 Å². The fourth-order valence-electron chi connectivity index (χ4n) is 2.87. The average Bonchev–Trinajstić information content (AvgIpc) is 2.95. The van der Waals surface area contributed by atoms with Crippen molar-refractivity contribution in [3.05, 3.63) is 72.2 Å². The van der Waals surface area contributed by atoms with Crippen LogP contribution in [0.2, 0.25) is 0 Å². The van der Waals surface area contributed by atoms with E-state index in [1.54, 1.807) is 0 Å². The molecule has 22 heavy (non-hydrogen) atoms. The van der Waals surface area contributed by atoms with Gasteiger partial charge in [-0.15, -0.1) is 0 Å². The van der Waals surface area contributed by atoms with Crippen LogP contribution in [0.5, 0.6) is 0 Å². The molecule has 0 saturated heterocycles. The number of imidazole rings is 1. The van der Waals surface area contributed by atoms with Crippen molar-refractivity contribution in [1.29, 1.82) is 0 Å². The van der Waals surface area contributed by atoms with Gasteiger partial charge >= 0.3 is 0 Å². The predicted molar refractivity (Wildman–Crippen MR) is 87.5 cm³/mol. The zero-order valence-corrected chi connectivity index (χ0v) is 12.8. The van der Waals surface area contributed by atoms with Gasteiger partial charge in [0.1, 0.15) is 5.65 Å². The Labute approximate surface area is 130 Å². The van der Waals surface area contributed by atoms with Crippen molar-refractivity contribution in [1.82, 2.24) is 14.3 Å². The van der Waals surface area contributed by atoms with E-state index in [9.17, 15) is 5.11 Å². The van der Waals surface area contributed by atoms with Crippen molar-refractivity contribution in [2.24, 2.45) is 0 Å². The summed E-state index contributed by atoms with van der Waals surface area (Å²) in [6, 6.07) is 16.5. The zero-order valence-electron chi connectivity index (χ0n) is 12.8. The Kier molecular flexibility index (Phi) is 4.51. The highest BCUT2D eigenvalue weighted by Gasteiger charge is 2.17. The highest BCUT2D eigenvalue weighted by atomic mass is 16.3. The minimum atomic E-state index is 0.176. The molecule has 0 fully saturated rings. The minimum Gasteiger partial charge on any atom is -0.396 e. The number of hydrogen-bond donors (Lipinski definition) is 1. The summed E-state index contributed by atoms with van der Waals surface area (Å²) in [5.74, 6) is 0. The highest BCUT2D eigenvalue weighted by Crippen LogP contribution is 2.24. The lowest BCUT2D eigenvalue weighted by Crippen LogP contribution is -2.25. The Morgan fingerprint density at radius 1 is 1.14 bits per heavy atom. The summed E-state index contributed by atoms with van der Waals surface area (Å²) in [5, 5.41) is 9.38. The van der Waals surface area contributed by atoms with Crippen LogP contribution in [0, 0.1) is 0 Å². The SMILES string of the molecule is CN(Cc1cn2ccccc2n1)[C@H](CCO)c1ccccc1. The Balaban J connectivity index is 1.80. The maximum Gasteiger partial charge on any atom is 0.137 e. The molecule has 0 amide bonds. The molecular weight excluding hydrogens is 274 g/mol. The molecule has 2 heterocycles. The summed E-state index contributed by atoms with van der Waals surface area (Å²) in [5.41, 5.74) is 3.22. The number of aliphatic hydroxyl groups is 1. The highest BCUT2D eigenvalue weighted by molar-refractivity contribution is 5.39. The quantitative estimate of drug-likeness (QED) is 0.760. The lowest BCUT2D eigenvalue weighted by Gasteiger charge is -2.27. The zero-order chi connectivity index (χ0) is 15.4. The first kappa shape index (κ1) is 14.8. The first-order chi connectivity index (χ1) is 10.8. The predicted octanol–water partition coefficient (Wildman–Crippen LogP) is 2.89. The Morgan fingerprint density at radius 3 is 2.64 bits per heavy atom. The third-order valence-corrected chi connectivity index (χ3v) is 3.94. The molecule has 4 nitrogen and oxygen atoms in total. The molecule has 2 aromatic heterocycles. The minimum absolute atomic E-state index is 0.176. The van der Waals surface area contributed by atoms with Gasteiger partial charge in [0.15, 0.2) is 0 Å². The Morgan fingerprint density at radius 2 is 1.91 bits per heavy atom. The molecule has 0 aliphatic heterocycles. The van der Waals surface area contributed by atoms with E-state index in [0.29, 0.717) is 6.42 Å². The molecule has 0 bridgehead atoms. The summed E-state index contributed by atoms with van der Waals surface area (Å²) >= 11 is 0.